The van der Waals surface area contributed by atoms with E-state index in [0.717, 1.165) is 0 Å². The van der Waals surface area contributed by atoms with E-state index in [0.29, 0.717) is 40.7 Å². The van der Waals surface area contributed by atoms with Crippen LogP contribution in [-0.4, -0.2) is 70.1 Å². The molecule has 0 aliphatic carbocycles. The summed E-state index contributed by atoms with van der Waals surface area (Å²) in [7, 11) is 0. The van der Waals surface area contributed by atoms with Gasteiger partial charge in [0.1, 0.15) is 11.8 Å². The van der Waals surface area contributed by atoms with Crippen molar-refractivity contribution in [2.24, 2.45) is 17.8 Å². The van der Waals surface area contributed by atoms with Crippen LogP contribution >= 0.6 is 23.4 Å². The van der Waals surface area contributed by atoms with E-state index in [1.54, 1.807) is 62.9 Å². The van der Waals surface area contributed by atoms with Gasteiger partial charge in [0.05, 0.1) is 35.8 Å². The van der Waals surface area contributed by atoms with Crippen molar-refractivity contribution < 1.29 is 24.2 Å². The molecule has 3 aromatic rings. The maximum absolute atomic E-state index is 15.2. The number of nitrogens with zero attached hydrogens (tertiary/aromatic N) is 3. The Hall–Kier alpha value is -4.05. The topological polar surface area (TPSA) is 90.4 Å². The molecule has 10 heteroatoms. The van der Waals surface area contributed by atoms with E-state index in [-0.39, 0.29) is 48.6 Å². The zero-order valence-corrected chi connectivity index (χ0v) is 29.4. The number of hydrogen-bond donors (Lipinski definition) is 1. The Kier molecular flexibility index (Phi) is 10.2. The second-order valence-electron chi connectivity index (χ2n) is 12.8. The first kappa shape index (κ1) is 34.8. The summed E-state index contributed by atoms with van der Waals surface area (Å²) >= 11 is 7.82. The normalized spacial score (nSPS) is 25.8. The average molecular weight is 700 g/mol. The quantitative estimate of drug-likeness (QED) is 0.204. The van der Waals surface area contributed by atoms with E-state index >= 15 is 9.59 Å². The van der Waals surface area contributed by atoms with Crippen molar-refractivity contribution in [1.82, 2.24) is 4.90 Å². The maximum Gasteiger partial charge on any atom is 0.251 e. The fourth-order valence-electron chi connectivity index (χ4n) is 8.13. The molecule has 3 aliphatic rings. The molecule has 0 radical (unpaired) electrons. The lowest BCUT2D eigenvalue weighted by molar-refractivity contribution is -0.142. The predicted molar refractivity (Wildman–Crippen MR) is 196 cm³/mol. The highest BCUT2D eigenvalue weighted by Gasteiger charge is 2.77. The summed E-state index contributed by atoms with van der Waals surface area (Å²) in [6, 6.07) is 21.9. The Morgan fingerprint density at radius 1 is 1.00 bits per heavy atom. The van der Waals surface area contributed by atoms with Gasteiger partial charge in [0.2, 0.25) is 11.8 Å². The molecule has 2 bridgehead atoms. The Morgan fingerprint density at radius 3 is 2.16 bits per heavy atom. The first-order valence-electron chi connectivity index (χ1n) is 16.7. The van der Waals surface area contributed by atoms with Crippen molar-refractivity contribution in [3.63, 3.8) is 0 Å². The van der Waals surface area contributed by atoms with Crippen LogP contribution in [0.25, 0.3) is 0 Å². The van der Waals surface area contributed by atoms with Crippen LogP contribution in [0.1, 0.15) is 31.9 Å². The standard InChI is InChI=1S/C39H42ClN3O5S/c1-5-21-41(29-17-19-30(20-18-29)48-7-3)36(45)33-32-23-25(4)39(49-32)34(33)37(46)43(31(24-44)26-11-9-8-10-12-26)35(39)38(47)42(22-6-2)28-15-13-27(40)14-16-28/h5-6,8-20,25,31-35,44H,1-2,7,21-24H2,3-4H3/t25?,31-,32-,33+,34+,35?,39?/m1/s1. The number of anilines is 2. The van der Waals surface area contributed by atoms with Crippen molar-refractivity contribution in [2.45, 2.75) is 42.3 Å². The molecule has 6 rings (SSSR count). The molecule has 3 saturated heterocycles. The summed E-state index contributed by atoms with van der Waals surface area (Å²) in [6.45, 7) is 12.4. The molecule has 3 heterocycles. The van der Waals surface area contributed by atoms with Gasteiger partial charge in [-0.25, -0.2) is 0 Å². The molecule has 3 aromatic carbocycles. The molecule has 0 saturated carbocycles. The molecule has 3 amide bonds. The van der Waals surface area contributed by atoms with Gasteiger partial charge in [-0.05, 0) is 73.4 Å². The van der Waals surface area contributed by atoms with Crippen molar-refractivity contribution in [1.29, 1.82) is 0 Å². The summed E-state index contributed by atoms with van der Waals surface area (Å²) in [5, 5.41) is 11.3. The van der Waals surface area contributed by atoms with E-state index in [1.165, 1.54) is 0 Å². The fourth-order valence-corrected chi connectivity index (χ4v) is 10.6. The highest BCUT2D eigenvalue weighted by Crippen LogP contribution is 2.69. The van der Waals surface area contributed by atoms with Crippen LogP contribution in [0.4, 0.5) is 11.4 Å². The van der Waals surface area contributed by atoms with Crippen LogP contribution in [-0.2, 0) is 14.4 Å². The first-order chi connectivity index (χ1) is 23.7. The van der Waals surface area contributed by atoms with Crippen LogP contribution in [0.2, 0.25) is 5.02 Å². The zero-order valence-electron chi connectivity index (χ0n) is 27.8. The second kappa shape index (κ2) is 14.4. The number of fused-ring (bicyclic) bond motifs is 1. The molecule has 3 unspecified atom stereocenters. The number of ether oxygens (including phenoxy) is 1. The van der Waals surface area contributed by atoms with Crippen molar-refractivity contribution >= 4 is 52.5 Å². The van der Waals surface area contributed by atoms with Gasteiger partial charge in [0.25, 0.3) is 5.91 Å². The Bertz CT molecular complexity index is 1700. The lowest BCUT2D eigenvalue weighted by atomic mass is 9.65. The smallest absolute Gasteiger partial charge is 0.251 e. The van der Waals surface area contributed by atoms with Crippen molar-refractivity contribution in [3.05, 3.63) is 115 Å². The van der Waals surface area contributed by atoms with E-state index in [2.05, 4.69) is 20.1 Å². The number of carbonyl (C=O) groups is 3. The summed E-state index contributed by atoms with van der Waals surface area (Å²) < 4.78 is 4.72. The van der Waals surface area contributed by atoms with Gasteiger partial charge in [-0.2, -0.15) is 0 Å². The third-order valence-electron chi connectivity index (χ3n) is 10.1. The van der Waals surface area contributed by atoms with Crippen molar-refractivity contribution in [2.75, 3.05) is 36.1 Å². The second-order valence-corrected chi connectivity index (χ2v) is 14.8. The Labute approximate surface area is 297 Å². The molecule has 1 N–H and O–H groups in total. The third-order valence-corrected chi connectivity index (χ3v) is 12.5. The minimum atomic E-state index is -0.959. The Morgan fingerprint density at radius 2 is 1.59 bits per heavy atom. The monoisotopic (exact) mass is 699 g/mol. The lowest BCUT2D eigenvalue weighted by Gasteiger charge is -2.42. The number of benzene rings is 3. The van der Waals surface area contributed by atoms with Gasteiger partial charge in [-0.3, -0.25) is 14.4 Å². The van der Waals surface area contributed by atoms with Gasteiger partial charge in [-0.1, -0.05) is 61.0 Å². The first-order valence-corrected chi connectivity index (χ1v) is 18.0. The SMILES string of the molecule is C=CCN(C(=O)C1N([C@H](CO)c2ccccc2)C(=O)[C@@H]2[C@@H](C(=O)N(CC=C)c3ccc(OCC)cc3)[C@H]3CC(C)C12S3)c1ccc(Cl)cc1. The largest absolute Gasteiger partial charge is 0.494 e. The molecule has 8 nitrogen and oxygen atoms in total. The van der Waals surface area contributed by atoms with E-state index in [4.69, 9.17) is 16.3 Å². The van der Waals surface area contributed by atoms with Crippen LogP contribution < -0.4 is 14.5 Å². The molecule has 3 aliphatic heterocycles. The van der Waals surface area contributed by atoms with Crippen LogP contribution in [0, 0.1) is 17.8 Å². The van der Waals surface area contributed by atoms with Gasteiger partial charge >= 0.3 is 0 Å². The number of thioether (sulfide) groups is 1. The number of aliphatic hydroxyl groups is 1. The molecule has 0 aromatic heterocycles. The number of hydrogen-bond acceptors (Lipinski definition) is 6. The molecule has 49 heavy (non-hydrogen) atoms. The van der Waals surface area contributed by atoms with Crippen molar-refractivity contribution in [3.8, 4) is 5.75 Å². The van der Waals surface area contributed by atoms with Gasteiger partial charge in [0, 0.05) is 34.7 Å². The van der Waals surface area contributed by atoms with Gasteiger partial charge in [-0.15, -0.1) is 24.9 Å². The molecule has 7 atom stereocenters. The number of rotatable bonds is 13. The molecular formula is C39H42ClN3O5S. The minimum Gasteiger partial charge on any atom is -0.494 e. The minimum absolute atomic E-state index is 0.0660. The number of aliphatic hydroxyl groups excluding tert-OH is 1. The highest BCUT2D eigenvalue weighted by atomic mass is 35.5. The summed E-state index contributed by atoms with van der Waals surface area (Å²) in [5.41, 5.74) is 2.01. The van der Waals surface area contributed by atoms with Gasteiger partial charge < -0.3 is 24.5 Å². The maximum atomic E-state index is 15.2. The fraction of sp³-hybridized carbons (Fsp3) is 0.359. The number of halogens is 1. The Balaban J connectivity index is 1.47. The van der Waals surface area contributed by atoms with Gasteiger partial charge in [0.15, 0.2) is 0 Å². The molecule has 256 valence electrons. The summed E-state index contributed by atoms with van der Waals surface area (Å²) in [4.78, 5) is 50.0. The highest BCUT2D eigenvalue weighted by molar-refractivity contribution is 8.02. The lowest BCUT2D eigenvalue weighted by Crippen LogP contribution is -2.58. The summed E-state index contributed by atoms with van der Waals surface area (Å²) in [5.74, 6) is -1.58. The predicted octanol–water partition coefficient (Wildman–Crippen LogP) is 6.55. The molecule has 3 fully saturated rings. The summed E-state index contributed by atoms with van der Waals surface area (Å²) in [6.07, 6.45) is 4.01. The number of amides is 3. The van der Waals surface area contributed by atoms with E-state index < -0.39 is 28.7 Å². The van der Waals surface area contributed by atoms with Crippen LogP contribution in [0.5, 0.6) is 5.75 Å². The van der Waals surface area contributed by atoms with E-state index in [9.17, 15) is 9.90 Å². The zero-order chi connectivity index (χ0) is 34.9. The number of carbonyl (C=O) groups excluding carboxylic acids is 3. The van der Waals surface area contributed by atoms with E-state index in [1.807, 2.05) is 61.5 Å². The molecular weight excluding hydrogens is 658 g/mol. The molecule has 1 spiro atoms. The van der Waals surface area contributed by atoms with Crippen LogP contribution in [0.15, 0.2) is 104 Å². The number of likely N-dealkylation sites (tertiary alicyclic amines) is 1. The third kappa shape index (κ3) is 5.96. The van der Waals surface area contributed by atoms with Crippen LogP contribution in [0.3, 0.4) is 0 Å². The average Bonchev–Trinajstić information content (AvgIpc) is 3.71.